The van der Waals surface area contributed by atoms with Gasteiger partial charge in [-0.25, -0.2) is 0 Å². The van der Waals surface area contributed by atoms with Crippen LogP contribution in [0.25, 0.3) is 0 Å². The summed E-state index contributed by atoms with van der Waals surface area (Å²) in [7, 11) is 0. The van der Waals surface area contributed by atoms with E-state index >= 15 is 0 Å². The summed E-state index contributed by atoms with van der Waals surface area (Å²) in [6.45, 7) is 9.26. The highest BCUT2D eigenvalue weighted by atomic mass is 16.2. The highest BCUT2D eigenvalue weighted by Gasteiger charge is 2.42. The number of carbonyl (C=O) groups excluding carboxylic acids is 1. The second kappa shape index (κ2) is 6.25. The molecule has 2 bridgehead atoms. The lowest BCUT2D eigenvalue weighted by Gasteiger charge is -2.30. The van der Waals surface area contributed by atoms with Crippen LogP contribution in [0, 0.1) is 23.7 Å². The van der Waals surface area contributed by atoms with Gasteiger partial charge >= 0.3 is 0 Å². The van der Waals surface area contributed by atoms with E-state index in [1.54, 1.807) is 0 Å². The Balaban J connectivity index is 1.75. The van der Waals surface area contributed by atoms with E-state index in [4.69, 9.17) is 0 Å². The Kier molecular flexibility index (Phi) is 4.88. The van der Waals surface area contributed by atoms with Gasteiger partial charge in [-0.05, 0) is 56.8 Å². The van der Waals surface area contributed by atoms with E-state index in [1.807, 2.05) is 6.92 Å². The van der Waals surface area contributed by atoms with Crippen molar-refractivity contribution in [3.8, 4) is 0 Å². The zero-order valence-electron chi connectivity index (χ0n) is 12.9. The zero-order valence-corrected chi connectivity index (χ0v) is 12.9. The fourth-order valence-electron chi connectivity index (χ4n) is 3.96. The molecule has 0 spiro atoms. The molecule has 3 nitrogen and oxygen atoms in total. The lowest BCUT2D eigenvalue weighted by atomic mass is 9.84. The topological polar surface area (TPSA) is 41.1 Å². The van der Waals surface area contributed by atoms with Gasteiger partial charge in [-0.3, -0.25) is 4.79 Å². The Morgan fingerprint density at radius 2 is 1.89 bits per heavy atom. The summed E-state index contributed by atoms with van der Waals surface area (Å²) in [5, 5.41) is 6.53. The predicted molar refractivity (Wildman–Crippen MR) is 78.8 cm³/mol. The Hall–Kier alpha value is -0.570. The Bertz CT molecular complexity index is 316. The minimum atomic E-state index is -0.0760. The van der Waals surface area contributed by atoms with Gasteiger partial charge in [0.25, 0.3) is 0 Å². The first-order valence-electron chi connectivity index (χ1n) is 8.01. The van der Waals surface area contributed by atoms with Gasteiger partial charge in [-0.15, -0.1) is 0 Å². The third-order valence-electron chi connectivity index (χ3n) is 5.03. The average Bonchev–Trinajstić information content (AvgIpc) is 2.97. The number of carbonyl (C=O) groups is 1. The summed E-state index contributed by atoms with van der Waals surface area (Å²) >= 11 is 0. The van der Waals surface area contributed by atoms with Crippen molar-refractivity contribution in [1.82, 2.24) is 10.6 Å². The molecule has 2 aliphatic rings. The molecule has 0 saturated heterocycles. The van der Waals surface area contributed by atoms with Crippen molar-refractivity contribution in [2.24, 2.45) is 23.7 Å². The lowest BCUT2D eigenvalue weighted by molar-refractivity contribution is -0.123. The van der Waals surface area contributed by atoms with Crippen LogP contribution in [0.2, 0.25) is 0 Å². The first-order chi connectivity index (χ1) is 8.97. The maximum atomic E-state index is 12.0. The number of rotatable bonds is 6. The van der Waals surface area contributed by atoms with Gasteiger partial charge in [0, 0.05) is 12.6 Å². The summed E-state index contributed by atoms with van der Waals surface area (Å²) in [5.74, 6) is 3.34. The van der Waals surface area contributed by atoms with E-state index < -0.39 is 0 Å². The van der Waals surface area contributed by atoms with E-state index in [2.05, 4.69) is 31.4 Å². The van der Waals surface area contributed by atoms with Gasteiger partial charge in [0.15, 0.2) is 0 Å². The summed E-state index contributed by atoms with van der Waals surface area (Å²) in [6, 6.07) is 0.392. The van der Waals surface area contributed by atoms with Crippen molar-refractivity contribution in [1.29, 1.82) is 0 Å². The van der Waals surface area contributed by atoms with Crippen molar-refractivity contribution in [3.05, 3.63) is 0 Å². The molecule has 0 aliphatic heterocycles. The van der Waals surface area contributed by atoms with Crippen molar-refractivity contribution in [3.63, 3.8) is 0 Å². The first-order valence-corrected chi connectivity index (χ1v) is 8.01. The summed E-state index contributed by atoms with van der Waals surface area (Å²) in [4.78, 5) is 12.0. The normalized spacial score (nSPS) is 32.6. The van der Waals surface area contributed by atoms with Crippen LogP contribution in [0.5, 0.6) is 0 Å². The van der Waals surface area contributed by atoms with Gasteiger partial charge in [-0.2, -0.15) is 0 Å². The highest BCUT2D eigenvalue weighted by Crippen LogP contribution is 2.49. The quantitative estimate of drug-likeness (QED) is 0.776. The Morgan fingerprint density at radius 3 is 2.42 bits per heavy atom. The number of fused-ring (bicyclic) bond motifs is 2. The molecule has 2 aliphatic carbocycles. The molecule has 0 aromatic carbocycles. The van der Waals surface area contributed by atoms with Crippen LogP contribution in [-0.4, -0.2) is 24.5 Å². The standard InChI is InChI=1S/C16H30N2O/c1-10(2)9-17-16(19)12(4)18-11(3)15-8-13-5-6-14(15)7-13/h10-15,18H,5-9H2,1-4H3,(H,17,19)/t11?,12?,13-,14+,15?/m0/s1. The van der Waals surface area contributed by atoms with Gasteiger partial charge < -0.3 is 10.6 Å². The number of hydrogen-bond acceptors (Lipinski definition) is 2. The molecule has 2 fully saturated rings. The molecule has 0 heterocycles. The Morgan fingerprint density at radius 1 is 1.16 bits per heavy atom. The maximum Gasteiger partial charge on any atom is 0.236 e. The number of hydrogen-bond donors (Lipinski definition) is 2. The smallest absolute Gasteiger partial charge is 0.236 e. The maximum absolute atomic E-state index is 12.0. The molecule has 1 amide bonds. The van der Waals surface area contributed by atoms with Crippen molar-refractivity contribution < 1.29 is 4.79 Å². The molecule has 5 atom stereocenters. The fraction of sp³-hybridized carbons (Fsp3) is 0.938. The Labute approximate surface area is 117 Å². The van der Waals surface area contributed by atoms with Crippen molar-refractivity contribution in [2.75, 3.05) is 6.54 Å². The van der Waals surface area contributed by atoms with Gasteiger partial charge in [0.1, 0.15) is 0 Å². The lowest BCUT2D eigenvalue weighted by Crippen LogP contribution is -2.49. The molecule has 0 radical (unpaired) electrons. The van der Waals surface area contributed by atoms with Crippen molar-refractivity contribution >= 4 is 5.91 Å². The summed E-state index contributed by atoms with van der Waals surface area (Å²) < 4.78 is 0. The van der Waals surface area contributed by atoms with Gasteiger partial charge in [0.05, 0.1) is 6.04 Å². The zero-order chi connectivity index (χ0) is 14.0. The monoisotopic (exact) mass is 266 g/mol. The third-order valence-corrected chi connectivity index (χ3v) is 5.03. The second-order valence-corrected chi connectivity index (χ2v) is 7.15. The molecular formula is C16H30N2O. The minimum absolute atomic E-state index is 0.0760. The first kappa shape index (κ1) is 14.8. The molecule has 2 N–H and O–H groups in total. The van der Waals surface area contributed by atoms with Crippen LogP contribution >= 0.6 is 0 Å². The molecule has 2 rings (SSSR count). The van der Waals surface area contributed by atoms with E-state index in [9.17, 15) is 4.79 Å². The van der Waals surface area contributed by atoms with Gasteiger partial charge in [0.2, 0.25) is 5.91 Å². The third kappa shape index (κ3) is 3.71. The molecule has 3 heteroatoms. The van der Waals surface area contributed by atoms with Crippen LogP contribution in [0.1, 0.15) is 53.4 Å². The van der Waals surface area contributed by atoms with Crippen LogP contribution in [0.4, 0.5) is 0 Å². The number of nitrogens with one attached hydrogen (secondary N) is 2. The number of amides is 1. The second-order valence-electron chi connectivity index (χ2n) is 7.15. The van der Waals surface area contributed by atoms with E-state index in [-0.39, 0.29) is 11.9 Å². The summed E-state index contributed by atoms with van der Waals surface area (Å²) in [6.07, 6.45) is 5.66. The van der Waals surface area contributed by atoms with Gasteiger partial charge in [-0.1, -0.05) is 20.3 Å². The molecule has 3 unspecified atom stereocenters. The van der Waals surface area contributed by atoms with E-state index in [0.29, 0.717) is 12.0 Å². The molecule has 2 saturated carbocycles. The summed E-state index contributed by atoms with van der Waals surface area (Å²) in [5.41, 5.74) is 0. The van der Waals surface area contributed by atoms with E-state index in [1.165, 1.54) is 25.7 Å². The molecular weight excluding hydrogens is 236 g/mol. The fourth-order valence-corrected chi connectivity index (χ4v) is 3.96. The van der Waals surface area contributed by atoms with Crippen LogP contribution in [-0.2, 0) is 4.79 Å². The van der Waals surface area contributed by atoms with Crippen LogP contribution < -0.4 is 10.6 Å². The average molecular weight is 266 g/mol. The molecule has 110 valence electrons. The van der Waals surface area contributed by atoms with E-state index in [0.717, 1.165) is 24.3 Å². The largest absolute Gasteiger partial charge is 0.354 e. The van der Waals surface area contributed by atoms with Crippen molar-refractivity contribution in [2.45, 2.75) is 65.5 Å². The van der Waals surface area contributed by atoms with Crippen LogP contribution in [0.3, 0.4) is 0 Å². The molecule has 0 aromatic rings. The highest BCUT2D eigenvalue weighted by molar-refractivity contribution is 5.81. The minimum Gasteiger partial charge on any atom is -0.354 e. The molecule has 19 heavy (non-hydrogen) atoms. The molecule has 0 aromatic heterocycles. The SMILES string of the molecule is CC(C)CNC(=O)C(C)NC(C)C1C[C@H]2CC[C@@H]1C2. The van der Waals surface area contributed by atoms with Crippen LogP contribution in [0.15, 0.2) is 0 Å². The predicted octanol–water partition coefficient (Wildman–Crippen LogP) is 2.56.